The molecule has 0 bridgehead atoms. The van der Waals surface area contributed by atoms with Crippen LogP contribution in [0.25, 0.3) is 0 Å². The summed E-state index contributed by atoms with van der Waals surface area (Å²) < 4.78 is 0. The van der Waals surface area contributed by atoms with E-state index in [0.29, 0.717) is 11.5 Å². The molecule has 2 rings (SSSR count). The van der Waals surface area contributed by atoms with Crippen molar-refractivity contribution in [1.82, 2.24) is 10.2 Å². The molecule has 0 radical (unpaired) electrons. The Balaban J connectivity index is 1.89. The SMILES string of the molecule is CC1CCCC(N(C)CC2(CNC(C)C)CCCC2)C1. The molecule has 2 unspecified atom stereocenters. The molecule has 0 heterocycles. The second-order valence-corrected chi connectivity index (χ2v) is 8.08. The van der Waals surface area contributed by atoms with Gasteiger partial charge in [0.05, 0.1) is 0 Å². The molecule has 2 nitrogen and oxygen atoms in total. The minimum Gasteiger partial charge on any atom is -0.314 e. The van der Waals surface area contributed by atoms with Gasteiger partial charge in [0.15, 0.2) is 0 Å². The van der Waals surface area contributed by atoms with Crippen LogP contribution in [-0.2, 0) is 0 Å². The fourth-order valence-corrected chi connectivity index (χ4v) is 4.40. The molecule has 2 saturated carbocycles. The first-order valence-corrected chi connectivity index (χ1v) is 8.94. The minimum absolute atomic E-state index is 0.555. The summed E-state index contributed by atoms with van der Waals surface area (Å²) >= 11 is 0. The summed E-state index contributed by atoms with van der Waals surface area (Å²) in [6, 6.07) is 1.46. The third-order valence-electron chi connectivity index (χ3n) is 5.67. The van der Waals surface area contributed by atoms with Crippen LogP contribution in [-0.4, -0.2) is 37.1 Å². The smallest absolute Gasteiger partial charge is 0.00949 e. The van der Waals surface area contributed by atoms with Crippen molar-refractivity contribution in [2.45, 2.75) is 84.2 Å². The predicted molar refractivity (Wildman–Crippen MR) is 88.1 cm³/mol. The van der Waals surface area contributed by atoms with E-state index in [2.05, 4.69) is 38.0 Å². The van der Waals surface area contributed by atoms with Crippen molar-refractivity contribution < 1.29 is 0 Å². The summed E-state index contributed by atoms with van der Waals surface area (Å²) in [5.41, 5.74) is 0.555. The van der Waals surface area contributed by atoms with Gasteiger partial charge in [0, 0.05) is 25.2 Å². The van der Waals surface area contributed by atoms with Crippen molar-refractivity contribution in [3.05, 3.63) is 0 Å². The molecule has 2 heteroatoms. The maximum Gasteiger partial charge on any atom is 0.00949 e. The van der Waals surface area contributed by atoms with E-state index < -0.39 is 0 Å². The van der Waals surface area contributed by atoms with E-state index >= 15 is 0 Å². The van der Waals surface area contributed by atoms with Crippen LogP contribution in [0.15, 0.2) is 0 Å². The van der Waals surface area contributed by atoms with E-state index in [4.69, 9.17) is 0 Å². The summed E-state index contributed by atoms with van der Waals surface area (Å²) in [5, 5.41) is 3.72. The van der Waals surface area contributed by atoms with Crippen molar-refractivity contribution in [2.75, 3.05) is 20.1 Å². The average molecular weight is 281 g/mol. The Kier molecular flexibility index (Phi) is 5.92. The highest BCUT2D eigenvalue weighted by Crippen LogP contribution is 2.39. The van der Waals surface area contributed by atoms with Gasteiger partial charge >= 0.3 is 0 Å². The standard InChI is InChI=1S/C18H36N2/c1-15(2)19-13-18(10-5-6-11-18)14-20(4)17-9-7-8-16(3)12-17/h15-17,19H,5-14H2,1-4H3. The predicted octanol–water partition coefficient (Wildman–Crippen LogP) is 4.06. The second-order valence-electron chi connectivity index (χ2n) is 8.08. The summed E-state index contributed by atoms with van der Waals surface area (Å²) in [5.74, 6) is 0.935. The summed E-state index contributed by atoms with van der Waals surface area (Å²) in [7, 11) is 2.39. The molecule has 2 aliphatic carbocycles. The van der Waals surface area contributed by atoms with Gasteiger partial charge in [-0.15, -0.1) is 0 Å². The van der Waals surface area contributed by atoms with Gasteiger partial charge in [0.2, 0.25) is 0 Å². The molecule has 0 saturated heterocycles. The van der Waals surface area contributed by atoms with Gasteiger partial charge in [-0.2, -0.15) is 0 Å². The first kappa shape index (κ1) is 16.3. The fraction of sp³-hybridized carbons (Fsp3) is 1.00. The molecule has 0 aromatic carbocycles. The number of hydrogen-bond acceptors (Lipinski definition) is 2. The molecule has 2 fully saturated rings. The van der Waals surface area contributed by atoms with E-state index in [1.807, 2.05) is 0 Å². The molecular weight excluding hydrogens is 244 g/mol. The van der Waals surface area contributed by atoms with Gasteiger partial charge in [0.25, 0.3) is 0 Å². The lowest BCUT2D eigenvalue weighted by Gasteiger charge is -2.40. The Morgan fingerprint density at radius 2 is 1.85 bits per heavy atom. The molecule has 2 atom stereocenters. The molecule has 0 spiro atoms. The van der Waals surface area contributed by atoms with Gasteiger partial charge in [-0.25, -0.2) is 0 Å². The highest BCUT2D eigenvalue weighted by atomic mass is 15.1. The van der Waals surface area contributed by atoms with Gasteiger partial charge in [-0.3, -0.25) is 0 Å². The largest absolute Gasteiger partial charge is 0.314 e. The molecule has 20 heavy (non-hydrogen) atoms. The van der Waals surface area contributed by atoms with Gasteiger partial charge in [-0.1, -0.05) is 46.5 Å². The molecule has 0 aliphatic heterocycles. The van der Waals surface area contributed by atoms with Crippen LogP contribution in [0.3, 0.4) is 0 Å². The Hall–Kier alpha value is -0.0800. The van der Waals surface area contributed by atoms with Gasteiger partial charge in [-0.05, 0) is 44.1 Å². The Morgan fingerprint density at radius 3 is 2.45 bits per heavy atom. The highest BCUT2D eigenvalue weighted by Gasteiger charge is 2.36. The topological polar surface area (TPSA) is 15.3 Å². The van der Waals surface area contributed by atoms with Crippen molar-refractivity contribution in [2.24, 2.45) is 11.3 Å². The third kappa shape index (κ3) is 4.46. The van der Waals surface area contributed by atoms with Crippen molar-refractivity contribution in [3.63, 3.8) is 0 Å². The van der Waals surface area contributed by atoms with E-state index in [0.717, 1.165) is 12.0 Å². The number of nitrogens with one attached hydrogen (secondary N) is 1. The molecule has 0 aromatic rings. The van der Waals surface area contributed by atoms with Crippen LogP contribution in [0.1, 0.15) is 72.1 Å². The Labute approximate surface area is 126 Å². The lowest BCUT2D eigenvalue weighted by Crippen LogP contribution is -2.47. The first-order valence-electron chi connectivity index (χ1n) is 8.94. The molecule has 0 amide bonds. The van der Waals surface area contributed by atoms with E-state index in [1.165, 1.54) is 64.5 Å². The van der Waals surface area contributed by atoms with Crippen LogP contribution in [0.4, 0.5) is 0 Å². The molecule has 1 N–H and O–H groups in total. The second kappa shape index (κ2) is 7.26. The number of hydrogen-bond donors (Lipinski definition) is 1. The zero-order valence-corrected chi connectivity index (χ0v) is 14.3. The highest BCUT2D eigenvalue weighted by molar-refractivity contribution is 4.91. The van der Waals surface area contributed by atoms with E-state index in [1.54, 1.807) is 0 Å². The number of nitrogens with zero attached hydrogens (tertiary/aromatic N) is 1. The summed E-state index contributed by atoms with van der Waals surface area (Å²) in [6.07, 6.45) is 11.5. The Morgan fingerprint density at radius 1 is 1.15 bits per heavy atom. The van der Waals surface area contributed by atoms with Crippen LogP contribution in [0, 0.1) is 11.3 Å². The van der Waals surface area contributed by atoms with Gasteiger partial charge < -0.3 is 10.2 Å². The number of rotatable bonds is 6. The van der Waals surface area contributed by atoms with E-state index in [9.17, 15) is 0 Å². The van der Waals surface area contributed by atoms with Crippen molar-refractivity contribution in [3.8, 4) is 0 Å². The minimum atomic E-state index is 0.555. The van der Waals surface area contributed by atoms with Gasteiger partial charge in [0.1, 0.15) is 0 Å². The first-order chi connectivity index (χ1) is 9.51. The quantitative estimate of drug-likeness (QED) is 0.789. The lowest BCUT2D eigenvalue weighted by molar-refractivity contribution is 0.0993. The van der Waals surface area contributed by atoms with Crippen LogP contribution in [0.2, 0.25) is 0 Å². The Bertz CT molecular complexity index is 281. The van der Waals surface area contributed by atoms with E-state index in [-0.39, 0.29) is 0 Å². The average Bonchev–Trinajstić information content (AvgIpc) is 2.85. The van der Waals surface area contributed by atoms with Crippen LogP contribution < -0.4 is 5.32 Å². The molecule has 118 valence electrons. The maximum absolute atomic E-state index is 3.72. The van der Waals surface area contributed by atoms with Crippen LogP contribution in [0.5, 0.6) is 0 Å². The third-order valence-corrected chi connectivity index (χ3v) is 5.67. The van der Waals surface area contributed by atoms with Crippen molar-refractivity contribution >= 4 is 0 Å². The zero-order valence-electron chi connectivity index (χ0n) is 14.3. The van der Waals surface area contributed by atoms with Crippen molar-refractivity contribution in [1.29, 1.82) is 0 Å². The fourth-order valence-electron chi connectivity index (χ4n) is 4.40. The maximum atomic E-state index is 3.72. The lowest BCUT2D eigenvalue weighted by atomic mass is 9.82. The molecule has 0 aromatic heterocycles. The zero-order chi connectivity index (χ0) is 14.6. The van der Waals surface area contributed by atoms with Crippen LogP contribution >= 0.6 is 0 Å². The summed E-state index contributed by atoms with van der Waals surface area (Å²) in [4.78, 5) is 2.71. The monoisotopic (exact) mass is 280 g/mol. The summed E-state index contributed by atoms with van der Waals surface area (Å²) in [6.45, 7) is 9.51. The molecular formula is C18H36N2. The molecule has 2 aliphatic rings. The normalized spacial score (nSPS) is 30.3.